The van der Waals surface area contributed by atoms with E-state index in [4.69, 9.17) is 9.47 Å². The van der Waals surface area contributed by atoms with Crippen LogP contribution in [0.4, 0.5) is 0 Å². The first-order valence-electron chi connectivity index (χ1n) is 5.86. The van der Waals surface area contributed by atoms with Crippen molar-refractivity contribution in [1.29, 1.82) is 0 Å². The summed E-state index contributed by atoms with van der Waals surface area (Å²) in [5, 5.41) is 9.49. The van der Waals surface area contributed by atoms with Crippen LogP contribution in [-0.4, -0.2) is 25.9 Å². The molecule has 0 saturated heterocycles. The first-order chi connectivity index (χ1) is 8.00. The van der Waals surface area contributed by atoms with Crippen LogP contribution in [-0.2, 0) is 11.8 Å². The van der Waals surface area contributed by atoms with Gasteiger partial charge in [0.1, 0.15) is 0 Å². The highest BCUT2D eigenvalue weighted by molar-refractivity contribution is 5.49. The lowest BCUT2D eigenvalue weighted by Gasteiger charge is -2.26. The summed E-state index contributed by atoms with van der Waals surface area (Å²) in [6.45, 7) is 6.24. The van der Waals surface area contributed by atoms with Crippen molar-refractivity contribution in [1.82, 2.24) is 0 Å². The number of ether oxygens (including phenoxy) is 2. The molecule has 0 spiro atoms. The molecule has 17 heavy (non-hydrogen) atoms. The molecule has 0 heterocycles. The van der Waals surface area contributed by atoms with Crippen LogP contribution >= 0.6 is 0 Å². The molecule has 0 aliphatic carbocycles. The Labute approximate surface area is 103 Å². The van der Waals surface area contributed by atoms with Crippen LogP contribution in [0.3, 0.4) is 0 Å². The predicted molar refractivity (Wildman–Crippen MR) is 69.0 cm³/mol. The van der Waals surface area contributed by atoms with E-state index < -0.39 is 0 Å². The van der Waals surface area contributed by atoms with Crippen molar-refractivity contribution in [2.45, 2.75) is 32.6 Å². The molecule has 96 valence electrons. The summed E-state index contributed by atoms with van der Waals surface area (Å²) < 4.78 is 10.6. The van der Waals surface area contributed by atoms with Gasteiger partial charge in [0.25, 0.3) is 0 Å². The van der Waals surface area contributed by atoms with Gasteiger partial charge in [-0.3, -0.25) is 0 Å². The molecule has 0 saturated carbocycles. The van der Waals surface area contributed by atoms with Crippen LogP contribution in [0, 0.1) is 0 Å². The van der Waals surface area contributed by atoms with Gasteiger partial charge in [-0.1, -0.05) is 20.8 Å². The van der Waals surface area contributed by atoms with Crippen molar-refractivity contribution in [3.63, 3.8) is 0 Å². The molecule has 0 bridgehead atoms. The molecule has 0 aromatic heterocycles. The Bertz CT molecular complexity index is 383. The molecule has 0 fully saturated rings. The molecule has 0 aliphatic rings. The number of benzene rings is 1. The largest absolute Gasteiger partial charge is 0.493 e. The molecule has 0 aliphatic heterocycles. The minimum Gasteiger partial charge on any atom is -0.493 e. The van der Waals surface area contributed by atoms with E-state index >= 15 is 0 Å². The molecule has 1 aromatic carbocycles. The Balaban J connectivity index is 3.38. The highest BCUT2D eigenvalue weighted by Crippen LogP contribution is 2.36. The lowest BCUT2D eigenvalue weighted by molar-refractivity contribution is 0.217. The summed E-state index contributed by atoms with van der Waals surface area (Å²) in [6, 6.07) is 3.96. The van der Waals surface area contributed by atoms with E-state index in [1.807, 2.05) is 26.0 Å². The summed E-state index contributed by atoms with van der Waals surface area (Å²) in [5.74, 6) is 1.45. The van der Waals surface area contributed by atoms with E-state index in [0.717, 1.165) is 17.7 Å². The van der Waals surface area contributed by atoms with Crippen LogP contribution in [0.1, 0.15) is 31.9 Å². The Morgan fingerprint density at radius 2 is 1.65 bits per heavy atom. The average Bonchev–Trinajstić information content (AvgIpc) is 2.36. The Kier molecular flexibility index (Phi) is 4.40. The summed E-state index contributed by atoms with van der Waals surface area (Å²) in [6.07, 6.45) is 0.902. The van der Waals surface area contributed by atoms with Gasteiger partial charge in [-0.15, -0.1) is 0 Å². The number of aliphatic hydroxyl groups excluding tert-OH is 1. The van der Waals surface area contributed by atoms with Crippen LogP contribution in [0.2, 0.25) is 0 Å². The minimum atomic E-state index is -0.273. The fourth-order valence-corrected chi connectivity index (χ4v) is 1.93. The van der Waals surface area contributed by atoms with Gasteiger partial charge in [0.2, 0.25) is 0 Å². The van der Waals surface area contributed by atoms with E-state index in [1.165, 1.54) is 5.56 Å². The molecule has 3 heteroatoms. The monoisotopic (exact) mass is 238 g/mol. The third-order valence-corrected chi connectivity index (χ3v) is 3.11. The Hall–Kier alpha value is -1.22. The van der Waals surface area contributed by atoms with Crippen molar-refractivity contribution >= 4 is 0 Å². The maximum absolute atomic E-state index is 9.49. The lowest BCUT2D eigenvalue weighted by Crippen LogP contribution is -2.24. The summed E-state index contributed by atoms with van der Waals surface area (Å²) in [5.41, 5.74) is 2.02. The van der Waals surface area contributed by atoms with Crippen molar-refractivity contribution in [3.05, 3.63) is 23.3 Å². The van der Waals surface area contributed by atoms with E-state index in [9.17, 15) is 5.11 Å². The zero-order valence-electron chi connectivity index (χ0n) is 11.3. The molecule has 0 unspecified atom stereocenters. The van der Waals surface area contributed by atoms with Crippen molar-refractivity contribution in [2.24, 2.45) is 0 Å². The van der Waals surface area contributed by atoms with Gasteiger partial charge in [0.15, 0.2) is 11.5 Å². The average molecular weight is 238 g/mol. The standard InChI is InChI=1S/C14H22O3/c1-6-10-7-12(16-4)13(17-5)8-11(10)14(2,3)9-15/h7-8,15H,6,9H2,1-5H3. The second kappa shape index (κ2) is 5.41. The second-order valence-electron chi connectivity index (χ2n) is 4.76. The van der Waals surface area contributed by atoms with Crippen molar-refractivity contribution < 1.29 is 14.6 Å². The van der Waals surface area contributed by atoms with Gasteiger partial charge in [-0.2, -0.15) is 0 Å². The summed E-state index contributed by atoms with van der Waals surface area (Å²) in [4.78, 5) is 0. The number of aryl methyl sites for hydroxylation is 1. The number of rotatable bonds is 5. The first-order valence-corrected chi connectivity index (χ1v) is 5.86. The fraction of sp³-hybridized carbons (Fsp3) is 0.571. The van der Waals surface area contributed by atoms with E-state index in [2.05, 4.69) is 6.92 Å². The third kappa shape index (κ3) is 2.72. The predicted octanol–water partition coefficient (Wildman–Crippen LogP) is 2.54. The molecule has 0 amide bonds. The maximum Gasteiger partial charge on any atom is 0.161 e. The van der Waals surface area contributed by atoms with Gasteiger partial charge in [0, 0.05) is 5.41 Å². The molecular formula is C14H22O3. The number of hydrogen-bond acceptors (Lipinski definition) is 3. The van der Waals surface area contributed by atoms with Gasteiger partial charge in [-0.25, -0.2) is 0 Å². The number of aliphatic hydroxyl groups is 1. The maximum atomic E-state index is 9.49. The molecule has 0 radical (unpaired) electrons. The molecule has 1 aromatic rings. The molecule has 0 atom stereocenters. The second-order valence-corrected chi connectivity index (χ2v) is 4.76. The quantitative estimate of drug-likeness (QED) is 0.856. The van der Waals surface area contributed by atoms with Crippen molar-refractivity contribution in [2.75, 3.05) is 20.8 Å². The van der Waals surface area contributed by atoms with E-state index in [1.54, 1.807) is 14.2 Å². The first kappa shape index (κ1) is 13.8. The SMILES string of the molecule is CCc1cc(OC)c(OC)cc1C(C)(C)CO. The lowest BCUT2D eigenvalue weighted by atomic mass is 9.81. The van der Waals surface area contributed by atoms with Crippen LogP contribution in [0.15, 0.2) is 12.1 Å². The molecule has 1 rings (SSSR count). The highest BCUT2D eigenvalue weighted by Gasteiger charge is 2.24. The van der Waals surface area contributed by atoms with Gasteiger partial charge < -0.3 is 14.6 Å². The topological polar surface area (TPSA) is 38.7 Å². The van der Waals surface area contributed by atoms with Gasteiger partial charge >= 0.3 is 0 Å². The van der Waals surface area contributed by atoms with Gasteiger partial charge in [-0.05, 0) is 29.7 Å². The molecular weight excluding hydrogens is 216 g/mol. The van der Waals surface area contributed by atoms with Crippen LogP contribution in [0.25, 0.3) is 0 Å². The zero-order valence-corrected chi connectivity index (χ0v) is 11.3. The number of methoxy groups -OCH3 is 2. The van der Waals surface area contributed by atoms with E-state index in [-0.39, 0.29) is 12.0 Å². The smallest absolute Gasteiger partial charge is 0.161 e. The van der Waals surface area contributed by atoms with Crippen LogP contribution < -0.4 is 9.47 Å². The van der Waals surface area contributed by atoms with E-state index in [0.29, 0.717) is 5.75 Å². The van der Waals surface area contributed by atoms with Crippen LogP contribution in [0.5, 0.6) is 11.5 Å². The Morgan fingerprint density at radius 3 is 2.06 bits per heavy atom. The number of hydrogen-bond donors (Lipinski definition) is 1. The normalized spacial score (nSPS) is 11.4. The third-order valence-electron chi connectivity index (χ3n) is 3.11. The minimum absolute atomic E-state index is 0.107. The Morgan fingerprint density at radius 1 is 1.12 bits per heavy atom. The zero-order chi connectivity index (χ0) is 13.1. The highest BCUT2D eigenvalue weighted by atomic mass is 16.5. The molecule has 1 N–H and O–H groups in total. The fourth-order valence-electron chi connectivity index (χ4n) is 1.93. The van der Waals surface area contributed by atoms with Crippen molar-refractivity contribution in [3.8, 4) is 11.5 Å². The molecule has 3 nitrogen and oxygen atoms in total. The summed E-state index contributed by atoms with van der Waals surface area (Å²) in [7, 11) is 3.26. The van der Waals surface area contributed by atoms with Gasteiger partial charge in [0.05, 0.1) is 20.8 Å². The summed E-state index contributed by atoms with van der Waals surface area (Å²) >= 11 is 0.